The van der Waals surface area contributed by atoms with Gasteiger partial charge in [0.2, 0.25) is 0 Å². The van der Waals surface area contributed by atoms with Crippen molar-refractivity contribution < 1.29 is 9.47 Å². The maximum absolute atomic E-state index is 7.49. The maximum atomic E-state index is 7.49. The van der Waals surface area contributed by atoms with Gasteiger partial charge in [-0.2, -0.15) is 0 Å². The molecule has 0 aliphatic heterocycles. The standard InChI is InChI=1S/C12H18N2O2/c1-4-8(2)16-11-9(12(13)14)6-5-7-10(11)15-3/h5-8H,4H2,1-3H3,(H3,13,14). The second-order valence-electron chi connectivity index (χ2n) is 3.59. The van der Waals surface area contributed by atoms with Gasteiger partial charge < -0.3 is 15.2 Å². The number of nitrogen functional groups attached to an aromatic ring is 1. The predicted octanol–water partition coefficient (Wildman–Crippen LogP) is 2.16. The van der Waals surface area contributed by atoms with Crippen molar-refractivity contribution in [1.29, 1.82) is 5.41 Å². The average molecular weight is 222 g/mol. The van der Waals surface area contributed by atoms with Crippen LogP contribution >= 0.6 is 0 Å². The van der Waals surface area contributed by atoms with Crippen LogP contribution in [0.25, 0.3) is 0 Å². The highest BCUT2D eigenvalue weighted by molar-refractivity contribution is 5.98. The molecule has 0 bridgehead atoms. The van der Waals surface area contributed by atoms with Crippen LogP contribution in [-0.4, -0.2) is 19.0 Å². The Morgan fingerprint density at radius 3 is 2.69 bits per heavy atom. The van der Waals surface area contributed by atoms with Gasteiger partial charge in [0.15, 0.2) is 11.5 Å². The van der Waals surface area contributed by atoms with E-state index in [1.165, 1.54) is 0 Å². The Morgan fingerprint density at radius 1 is 1.50 bits per heavy atom. The first kappa shape index (κ1) is 12.4. The number of nitrogens with one attached hydrogen (secondary N) is 1. The lowest BCUT2D eigenvalue weighted by molar-refractivity contribution is 0.207. The first-order valence-corrected chi connectivity index (χ1v) is 5.28. The van der Waals surface area contributed by atoms with Gasteiger partial charge in [-0.1, -0.05) is 13.0 Å². The Kier molecular flexibility index (Phi) is 4.17. The van der Waals surface area contributed by atoms with Gasteiger partial charge >= 0.3 is 0 Å². The molecule has 0 heterocycles. The molecule has 0 aromatic heterocycles. The Labute approximate surface area is 95.9 Å². The number of amidine groups is 1. The molecule has 0 amide bonds. The molecule has 0 aliphatic carbocycles. The molecule has 16 heavy (non-hydrogen) atoms. The third kappa shape index (κ3) is 2.66. The number of para-hydroxylation sites is 1. The molecule has 3 N–H and O–H groups in total. The van der Waals surface area contributed by atoms with Gasteiger partial charge in [-0.05, 0) is 25.5 Å². The number of hydrogen-bond donors (Lipinski definition) is 2. The first-order valence-electron chi connectivity index (χ1n) is 5.28. The van der Waals surface area contributed by atoms with E-state index in [9.17, 15) is 0 Å². The van der Waals surface area contributed by atoms with Crippen molar-refractivity contribution in [1.82, 2.24) is 0 Å². The zero-order valence-corrected chi connectivity index (χ0v) is 9.91. The summed E-state index contributed by atoms with van der Waals surface area (Å²) >= 11 is 0. The second kappa shape index (κ2) is 5.39. The molecule has 1 aromatic carbocycles. The number of hydrogen-bond acceptors (Lipinski definition) is 3. The largest absolute Gasteiger partial charge is 0.493 e. The second-order valence-corrected chi connectivity index (χ2v) is 3.59. The van der Waals surface area contributed by atoms with Gasteiger partial charge in [-0.3, -0.25) is 5.41 Å². The lowest BCUT2D eigenvalue weighted by Crippen LogP contribution is -2.17. The first-order chi connectivity index (χ1) is 7.60. The van der Waals surface area contributed by atoms with Gasteiger partial charge in [-0.15, -0.1) is 0 Å². The van der Waals surface area contributed by atoms with Crippen LogP contribution in [0, 0.1) is 5.41 Å². The molecule has 0 spiro atoms. The molecule has 0 radical (unpaired) electrons. The summed E-state index contributed by atoms with van der Waals surface area (Å²) in [4.78, 5) is 0. The van der Waals surface area contributed by atoms with E-state index in [1.807, 2.05) is 13.8 Å². The number of rotatable bonds is 5. The Hall–Kier alpha value is -1.71. The Balaban J connectivity index is 3.14. The molecule has 0 saturated heterocycles. The van der Waals surface area contributed by atoms with Crippen molar-refractivity contribution >= 4 is 5.84 Å². The van der Waals surface area contributed by atoms with Crippen LogP contribution in [-0.2, 0) is 0 Å². The van der Waals surface area contributed by atoms with Crippen LogP contribution < -0.4 is 15.2 Å². The minimum atomic E-state index is -0.0165. The van der Waals surface area contributed by atoms with E-state index in [-0.39, 0.29) is 11.9 Å². The van der Waals surface area contributed by atoms with Crippen LogP contribution in [0.4, 0.5) is 0 Å². The molecular formula is C12H18N2O2. The fourth-order valence-corrected chi connectivity index (χ4v) is 1.29. The molecule has 0 aliphatic rings. The maximum Gasteiger partial charge on any atom is 0.172 e. The van der Waals surface area contributed by atoms with E-state index in [2.05, 4.69) is 0 Å². The Morgan fingerprint density at radius 2 is 2.19 bits per heavy atom. The van der Waals surface area contributed by atoms with E-state index in [0.29, 0.717) is 17.1 Å². The fourth-order valence-electron chi connectivity index (χ4n) is 1.29. The van der Waals surface area contributed by atoms with Crippen LogP contribution in [0.3, 0.4) is 0 Å². The number of nitrogens with two attached hydrogens (primary N) is 1. The van der Waals surface area contributed by atoms with Crippen molar-refractivity contribution in [3.05, 3.63) is 23.8 Å². The Bertz CT molecular complexity index is 377. The molecular weight excluding hydrogens is 204 g/mol. The monoisotopic (exact) mass is 222 g/mol. The highest BCUT2D eigenvalue weighted by atomic mass is 16.5. The molecule has 1 aromatic rings. The van der Waals surface area contributed by atoms with E-state index >= 15 is 0 Å². The normalized spacial score (nSPS) is 11.9. The highest BCUT2D eigenvalue weighted by Gasteiger charge is 2.14. The minimum absolute atomic E-state index is 0.0165. The summed E-state index contributed by atoms with van der Waals surface area (Å²) in [5.74, 6) is 1.14. The zero-order chi connectivity index (χ0) is 12.1. The third-order valence-electron chi connectivity index (χ3n) is 2.38. The predicted molar refractivity (Wildman–Crippen MR) is 64.4 cm³/mol. The number of methoxy groups -OCH3 is 1. The molecule has 4 nitrogen and oxygen atoms in total. The SMILES string of the molecule is CCC(C)Oc1c(OC)cccc1C(=N)N. The summed E-state index contributed by atoms with van der Waals surface area (Å²) in [5.41, 5.74) is 6.07. The van der Waals surface area contributed by atoms with Crippen LogP contribution in [0.1, 0.15) is 25.8 Å². The smallest absolute Gasteiger partial charge is 0.172 e. The third-order valence-corrected chi connectivity index (χ3v) is 2.38. The summed E-state index contributed by atoms with van der Waals surface area (Å²) in [6.45, 7) is 4.00. The van der Waals surface area contributed by atoms with Crippen molar-refractivity contribution in [3.8, 4) is 11.5 Å². The van der Waals surface area contributed by atoms with Gasteiger partial charge in [-0.25, -0.2) is 0 Å². The van der Waals surface area contributed by atoms with E-state index < -0.39 is 0 Å². The number of ether oxygens (including phenoxy) is 2. The van der Waals surface area contributed by atoms with E-state index in [0.717, 1.165) is 6.42 Å². The van der Waals surface area contributed by atoms with Gasteiger partial charge in [0.05, 0.1) is 18.8 Å². The summed E-state index contributed by atoms with van der Waals surface area (Å²) in [6.07, 6.45) is 0.949. The average Bonchev–Trinajstić information content (AvgIpc) is 2.28. The van der Waals surface area contributed by atoms with Crippen LogP contribution in [0.2, 0.25) is 0 Å². The molecule has 1 atom stereocenters. The summed E-state index contributed by atoms with van der Waals surface area (Å²) in [5, 5.41) is 7.49. The molecule has 88 valence electrons. The van der Waals surface area contributed by atoms with E-state index in [4.69, 9.17) is 20.6 Å². The van der Waals surface area contributed by atoms with E-state index in [1.54, 1.807) is 25.3 Å². The molecule has 1 unspecified atom stereocenters. The summed E-state index contributed by atoms with van der Waals surface area (Å²) in [6, 6.07) is 5.34. The zero-order valence-electron chi connectivity index (χ0n) is 9.91. The van der Waals surface area contributed by atoms with Gasteiger partial charge in [0, 0.05) is 0 Å². The molecule has 4 heteroatoms. The lowest BCUT2D eigenvalue weighted by atomic mass is 10.1. The van der Waals surface area contributed by atoms with Gasteiger partial charge in [0.1, 0.15) is 5.84 Å². The van der Waals surface area contributed by atoms with Crippen molar-refractivity contribution in [2.45, 2.75) is 26.4 Å². The molecule has 1 rings (SSSR count). The minimum Gasteiger partial charge on any atom is -0.493 e. The van der Waals surface area contributed by atoms with Crippen LogP contribution in [0.5, 0.6) is 11.5 Å². The molecule has 0 saturated carbocycles. The molecule has 0 fully saturated rings. The fraction of sp³-hybridized carbons (Fsp3) is 0.417. The van der Waals surface area contributed by atoms with Crippen molar-refractivity contribution in [2.75, 3.05) is 7.11 Å². The quantitative estimate of drug-likeness (QED) is 0.592. The number of benzene rings is 1. The van der Waals surface area contributed by atoms with Crippen LogP contribution in [0.15, 0.2) is 18.2 Å². The lowest BCUT2D eigenvalue weighted by Gasteiger charge is -2.18. The van der Waals surface area contributed by atoms with Gasteiger partial charge in [0.25, 0.3) is 0 Å². The summed E-state index contributed by atoms with van der Waals surface area (Å²) < 4.78 is 10.9. The van der Waals surface area contributed by atoms with Crippen molar-refractivity contribution in [3.63, 3.8) is 0 Å². The van der Waals surface area contributed by atoms with Crippen molar-refractivity contribution in [2.24, 2.45) is 5.73 Å². The highest BCUT2D eigenvalue weighted by Crippen LogP contribution is 2.31. The summed E-state index contributed by atoms with van der Waals surface area (Å²) in [7, 11) is 1.57. The topological polar surface area (TPSA) is 68.3 Å².